The van der Waals surface area contributed by atoms with Crippen molar-refractivity contribution in [3.63, 3.8) is 0 Å². The van der Waals surface area contributed by atoms with Crippen molar-refractivity contribution in [2.24, 2.45) is 0 Å². The minimum atomic E-state index is -0.223. The second kappa shape index (κ2) is 7.70. The van der Waals surface area contributed by atoms with Crippen molar-refractivity contribution >= 4 is 22.4 Å². The van der Waals surface area contributed by atoms with E-state index in [1.165, 1.54) is 16.9 Å². The lowest BCUT2D eigenvalue weighted by atomic mass is 10.1. The molecule has 24 heavy (non-hydrogen) atoms. The average Bonchev–Trinajstić information content (AvgIpc) is 3.08. The summed E-state index contributed by atoms with van der Waals surface area (Å²) in [6, 6.07) is 17.2. The molecule has 0 spiro atoms. The van der Waals surface area contributed by atoms with Gasteiger partial charge in [-0.25, -0.2) is 0 Å². The molecule has 0 aliphatic rings. The van der Waals surface area contributed by atoms with Crippen LogP contribution in [-0.2, 0) is 12.8 Å². The molecule has 1 N–H and O–H groups in total. The Bertz CT molecular complexity index is 818. The van der Waals surface area contributed by atoms with Crippen LogP contribution in [0.2, 0.25) is 0 Å². The maximum absolute atomic E-state index is 12.2. The number of aromatic nitrogens is 2. The molecule has 0 unspecified atom stereocenters. The molecule has 0 saturated carbocycles. The van der Waals surface area contributed by atoms with Gasteiger partial charge in [-0.3, -0.25) is 10.1 Å². The number of amides is 1. The van der Waals surface area contributed by atoms with E-state index >= 15 is 0 Å². The number of nitrogens with one attached hydrogen (secondary N) is 1. The fourth-order valence-corrected chi connectivity index (χ4v) is 2.97. The van der Waals surface area contributed by atoms with E-state index < -0.39 is 0 Å². The molecule has 0 aliphatic heterocycles. The van der Waals surface area contributed by atoms with Crippen molar-refractivity contribution < 1.29 is 9.53 Å². The zero-order chi connectivity index (χ0) is 16.8. The molecule has 122 valence electrons. The summed E-state index contributed by atoms with van der Waals surface area (Å²) < 4.78 is 5.13. The number of carbonyl (C=O) groups excluding carboxylic acids is 1. The summed E-state index contributed by atoms with van der Waals surface area (Å²) in [4.78, 5) is 12.2. The van der Waals surface area contributed by atoms with Crippen molar-refractivity contribution in [1.82, 2.24) is 10.2 Å². The van der Waals surface area contributed by atoms with Gasteiger partial charge in [-0.15, -0.1) is 10.2 Å². The van der Waals surface area contributed by atoms with Crippen LogP contribution >= 0.6 is 11.3 Å². The lowest BCUT2D eigenvalue weighted by molar-refractivity contribution is 0.102. The molecular formula is C18H17N3O2S. The monoisotopic (exact) mass is 339 g/mol. The fourth-order valence-electron chi connectivity index (χ4n) is 2.23. The van der Waals surface area contributed by atoms with Gasteiger partial charge in [-0.2, -0.15) is 0 Å². The summed E-state index contributed by atoms with van der Waals surface area (Å²) in [6.45, 7) is 0. The summed E-state index contributed by atoms with van der Waals surface area (Å²) in [5, 5.41) is 12.4. The van der Waals surface area contributed by atoms with Gasteiger partial charge in [0.05, 0.1) is 7.11 Å². The molecule has 0 saturated heterocycles. The van der Waals surface area contributed by atoms with Gasteiger partial charge in [-0.1, -0.05) is 47.7 Å². The van der Waals surface area contributed by atoms with E-state index in [0.29, 0.717) is 16.4 Å². The van der Waals surface area contributed by atoms with Gasteiger partial charge in [0.1, 0.15) is 10.8 Å². The zero-order valence-corrected chi connectivity index (χ0v) is 14.0. The third-order valence-electron chi connectivity index (χ3n) is 3.49. The van der Waals surface area contributed by atoms with Gasteiger partial charge in [-0.05, 0) is 30.2 Å². The number of methoxy groups -OCH3 is 1. The molecule has 0 fully saturated rings. The van der Waals surface area contributed by atoms with E-state index in [-0.39, 0.29) is 5.91 Å². The summed E-state index contributed by atoms with van der Waals surface area (Å²) >= 11 is 1.40. The normalized spacial score (nSPS) is 10.4. The average molecular weight is 339 g/mol. The van der Waals surface area contributed by atoms with Crippen LogP contribution in [0.5, 0.6) is 5.75 Å². The highest BCUT2D eigenvalue weighted by Crippen LogP contribution is 2.19. The molecule has 1 aromatic heterocycles. The van der Waals surface area contributed by atoms with Crippen LogP contribution in [0, 0.1) is 0 Å². The molecular weight excluding hydrogens is 322 g/mol. The van der Waals surface area contributed by atoms with E-state index in [2.05, 4.69) is 27.6 Å². The first-order valence-electron chi connectivity index (χ1n) is 7.56. The number of hydrogen-bond donors (Lipinski definition) is 1. The standard InChI is InChI=1S/C18H17N3O2S/c1-23-15-9-5-8-14(12-15)17(22)19-18-21-20-16(24-18)11-10-13-6-3-2-4-7-13/h2-9,12H,10-11H2,1H3,(H,19,21,22). The lowest BCUT2D eigenvalue weighted by Gasteiger charge is -2.03. The largest absolute Gasteiger partial charge is 0.497 e. The Labute approximate surface area is 144 Å². The Kier molecular flexibility index (Phi) is 5.18. The summed E-state index contributed by atoms with van der Waals surface area (Å²) in [5.41, 5.74) is 1.78. The summed E-state index contributed by atoms with van der Waals surface area (Å²) in [7, 11) is 1.57. The molecule has 0 atom stereocenters. The second-order valence-electron chi connectivity index (χ2n) is 5.17. The van der Waals surface area contributed by atoms with Crippen LogP contribution in [0.4, 0.5) is 5.13 Å². The molecule has 5 nitrogen and oxygen atoms in total. The number of aryl methyl sites for hydroxylation is 2. The highest BCUT2D eigenvalue weighted by molar-refractivity contribution is 7.15. The first-order valence-corrected chi connectivity index (χ1v) is 8.38. The SMILES string of the molecule is COc1cccc(C(=O)Nc2nnc(CCc3ccccc3)s2)c1. The number of anilines is 1. The molecule has 6 heteroatoms. The van der Waals surface area contributed by atoms with Gasteiger partial charge in [0, 0.05) is 12.0 Å². The Morgan fingerprint density at radius 2 is 1.92 bits per heavy atom. The maximum Gasteiger partial charge on any atom is 0.257 e. The molecule has 0 aliphatic carbocycles. The Hall–Kier alpha value is -2.73. The Morgan fingerprint density at radius 3 is 2.71 bits per heavy atom. The van der Waals surface area contributed by atoms with Crippen LogP contribution in [0.15, 0.2) is 54.6 Å². The van der Waals surface area contributed by atoms with Gasteiger partial charge in [0.15, 0.2) is 0 Å². The van der Waals surface area contributed by atoms with Crippen LogP contribution in [-0.4, -0.2) is 23.2 Å². The molecule has 0 radical (unpaired) electrons. The van der Waals surface area contributed by atoms with Crippen LogP contribution in [0.1, 0.15) is 20.9 Å². The van der Waals surface area contributed by atoms with Gasteiger partial charge in [0.2, 0.25) is 5.13 Å². The number of carbonyl (C=O) groups is 1. The minimum Gasteiger partial charge on any atom is -0.497 e. The Morgan fingerprint density at radius 1 is 1.08 bits per heavy atom. The first kappa shape index (κ1) is 16.1. The maximum atomic E-state index is 12.2. The van der Waals surface area contributed by atoms with Gasteiger partial charge < -0.3 is 4.74 Å². The van der Waals surface area contributed by atoms with Crippen molar-refractivity contribution in [2.45, 2.75) is 12.8 Å². The lowest BCUT2D eigenvalue weighted by Crippen LogP contribution is -2.11. The minimum absolute atomic E-state index is 0.223. The number of benzene rings is 2. The van der Waals surface area contributed by atoms with Crippen molar-refractivity contribution in [3.05, 3.63) is 70.7 Å². The smallest absolute Gasteiger partial charge is 0.257 e. The fraction of sp³-hybridized carbons (Fsp3) is 0.167. The predicted molar refractivity (Wildman–Crippen MR) is 94.7 cm³/mol. The molecule has 1 amide bonds. The van der Waals surface area contributed by atoms with Crippen LogP contribution in [0.3, 0.4) is 0 Å². The second-order valence-corrected chi connectivity index (χ2v) is 6.23. The van der Waals surface area contributed by atoms with Crippen molar-refractivity contribution in [2.75, 3.05) is 12.4 Å². The van der Waals surface area contributed by atoms with E-state index in [1.54, 1.807) is 31.4 Å². The highest BCUT2D eigenvalue weighted by atomic mass is 32.1. The number of hydrogen-bond acceptors (Lipinski definition) is 5. The first-order chi connectivity index (χ1) is 11.7. The third kappa shape index (κ3) is 4.17. The van der Waals surface area contributed by atoms with E-state index in [0.717, 1.165) is 17.8 Å². The van der Waals surface area contributed by atoms with Gasteiger partial charge >= 0.3 is 0 Å². The van der Waals surface area contributed by atoms with E-state index in [9.17, 15) is 4.79 Å². The predicted octanol–water partition coefficient (Wildman–Crippen LogP) is 3.58. The van der Waals surface area contributed by atoms with Crippen molar-refractivity contribution in [1.29, 1.82) is 0 Å². The van der Waals surface area contributed by atoms with E-state index in [1.807, 2.05) is 18.2 Å². The summed E-state index contributed by atoms with van der Waals surface area (Å²) in [5.74, 6) is 0.420. The van der Waals surface area contributed by atoms with Crippen LogP contribution in [0.25, 0.3) is 0 Å². The highest BCUT2D eigenvalue weighted by Gasteiger charge is 2.11. The third-order valence-corrected chi connectivity index (χ3v) is 4.39. The molecule has 0 bridgehead atoms. The zero-order valence-electron chi connectivity index (χ0n) is 13.2. The van der Waals surface area contributed by atoms with Crippen LogP contribution < -0.4 is 10.1 Å². The topological polar surface area (TPSA) is 64.1 Å². The number of rotatable bonds is 6. The van der Waals surface area contributed by atoms with E-state index in [4.69, 9.17) is 4.74 Å². The molecule has 3 rings (SSSR count). The summed E-state index contributed by atoms with van der Waals surface area (Å²) in [6.07, 6.45) is 1.70. The van der Waals surface area contributed by atoms with Gasteiger partial charge in [0.25, 0.3) is 5.91 Å². The number of ether oxygens (including phenoxy) is 1. The Balaban J connectivity index is 1.60. The molecule has 1 heterocycles. The molecule has 3 aromatic rings. The number of nitrogens with zero attached hydrogens (tertiary/aromatic N) is 2. The quantitative estimate of drug-likeness (QED) is 0.745. The molecule has 2 aromatic carbocycles. The van der Waals surface area contributed by atoms with Crippen molar-refractivity contribution in [3.8, 4) is 5.75 Å².